The Morgan fingerprint density at radius 2 is 2.08 bits per heavy atom. The number of likely N-dealkylation sites (tertiary alicyclic amines) is 1. The van der Waals surface area contributed by atoms with Crippen LogP contribution in [0.5, 0.6) is 0 Å². The molecule has 1 rings (SSSR count). The summed E-state index contributed by atoms with van der Waals surface area (Å²) in [6, 6.07) is 0.0816. The number of amides is 1. The number of rotatable bonds is 1. The summed E-state index contributed by atoms with van der Waals surface area (Å²) in [6.45, 7) is 2.99. The number of piperidine rings is 1. The van der Waals surface area contributed by atoms with Gasteiger partial charge in [-0.05, 0) is 12.8 Å². The minimum Gasteiger partial charge on any atom is -0.343 e. The van der Waals surface area contributed by atoms with E-state index in [1.807, 2.05) is 0 Å². The first-order valence-electron chi connectivity index (χ1n) is 4.06. The molecule has 1 amide bonds. The van der Waals surface area contributed by atoms with Crippen LogP contribution in [-0.2, 0) is 9.59 Å². The molecule has 0 aromatic heterocycles. The lowest BCUT2D eigenvalue weighted by atomic mass is 10.1. The smallest absolute Gasteiger partial charge is 0.235 e. The summed E-state index contributed by atoms with van der Waals surface area (Å²) in [6.07, 6.45) is 3.13. The van der Waals surface area contributed by atoms with Crippen molar-refractivity contribution in [3.8, 4) is 0 Å². The van der Waals surface area contributed by atoms with Crippen LogP contribution in [0.2, 0.25) is 0 Å². The average Bonchev–Trinajstić information content (AvgIpc) is 2.06. The minimum atomic E-state index is 0.0816. The Hall–Kier alpha value is -1.15. The van der Waals surface area contributed by atoms with Gasteiger partial charge in [-0.2, -0.15) is 0 Å². The highest BCUT2D eigenvalue weighted by Crippen LogP contribution is 2.12. The van der Waals surface area contributed by atoms with Crippen molar-refractivity contribution in [2.24, 2.45) is 4.99 Å². The fraction of sp³-hybridized carbons (Fsp3) is 0.750. The molecule has 0 radical (unpaired) electrons. The molecule has 0 aromatic carbocycles. The lowest BCUT2D eigenvalue weighted by Crippen LogP contribution is -2.38. The molecule has 0 N–H and O–H groups in total. The van der Waals surface area contributed by atoms with Crippen LogP contribution in [0.3, 0.4) is 0 Å². The van der Waals surface area contributed by atoms with Crippen molar-refractivity contribution < 1.29 is 9.59 Å². The van der Waals surface area contributed by atoms with Crippen LogP contribution in [0.1, 0.15) is 19.8 Å². The second kappa shape index (κ2) is 4.02. The van der Waals surface area contributed by atoms with E-state index in [2.05, 4.69) is 4.99 Å². The molecule has 0 unspecified atom stereocenters. The summed E-state index contributed by atoms with van der Waals surface area (Å²) in [5.41, 5.74) is 0. The van der Waals surface area contributed by atoms with Crippen LogP contribution >= 0.6 is 0 Å². The Labute approximate surface area is 71.3 Å². The summed E-state index contributed by atoms with van der Waals surface area (Å²) in [5, 5.41) is 0. The molecule has 0 bridgehead atoms. The highest BCUT2D eigenvalue weighted by atomic mass is 16.2. The van der Waals surface area contributed by atoms with Crippen molar-refractivity contribution >= 4 is 12.0 Å². The minimum absolute atomic E-state index is 0.0816. The lowest BCUT2D eigenvalue weighted by Gasteiger charge is -2.28. The largest absolute Gasteiger partial charge is 0.343 e. The fourth-order valence-corrected chi connectivity index (χ4v) is 1.38. The van der Waals surface area contributed by atoms with E-state index in [-0.39, 0.29) is 11.9 Å². The number of hydrogen-bond donors (Lipinski definition) is 0. The lowest BCUT2D eigenvalue weighted by molar-refractivity contribution is -0.129. The molecule has 0 aliphatic carbocycles. The van der Waals surface area contributed by atoms with E-state index < -0.39 is 0 Å². The van der Waals surface area contributed by atoms with Gasteiger partial charge in [0, 0.05) is 20.0 Å². The third-order valence-corrected chi connectivity index (χ3v) is 2.15. The van der Waals surface area contributed by atoms with Gasteiger partial charge in [-0.15, -0.1) is 0 Å². The van der Waals surface area contributed by atoms with Crippen molar-refractivity contribution in [3.05, 3.63) is 0 Å². The first-order valence-corrected chi connectivity index (χ1v) is 4.06. The van der Waals surface area contributed by atoms with Crippen molar-refractivity contribution in [2.75, 3.05) is 13.1 Å². The van der Waals surface area contributed by atoms with Crippen LogP contribution in [-0.4, -0.2) is 36.0 Å². The highest BCUT2D eigenvalue weighted by molar-refractivity contribution is 5.73. The van der Waals surface area contributed by atoms with Gasteiger partial charge in [-0.3, -0.25) is 4.79 Å². The van der Waals surface area contributed by atoms with Crippen LogP contribution in [0, 0.1) is 0 Å². The molecule has 0 saturated carbocycles. The van der Waals surface area contributed by atoms with E-state index in [1.165, 1.54) is 0 Å². The maximum atomic E-state index is 10.9. The number of hydrogen-bond acceptors (Lipinski definition) is 3. The van der Waals surface area contributed by atoms with Crippen LogP contribution in [0.15, 0.2) is 4.99 Å². The van der Waals surface area contributed by atoms with Gasteiger partial charge in [0.15, 0.2) is 0 Å². The molecule has 4 heteroatoms. The van der Waals surface area contributed by atoms with Gasteiger partial charge < -0.3 is 4.90 Å². The molecule has 0 atom stereocenters. The number of aliphatic imine (C=N–C) groups is 1. The molecule has 1 heterocycles. The van der Waals surface area contributed by atoms with Gasteiger partial charge in [0.05, 0.1) is 6.04 Å². The van der Waals surface area contributed by atoms with Gasteiger partial charge >= 0.3 is 0 Å². The first kappa shape index (κ1) is 8.94. The predicted octanol–water partition coefficient (Wildman–Crippen LogP) is 0.333. The molecule has 66 valence electrons. The zero-order valence-electron chi connectivity index (χ0n) is 7.12. The molecule has 1 fully saturated rings. The van der Waals surface area contributed by atoms with Crippen LogP contribution in [0.4, 0.5) is 0 Å². The second-order valence-corrected chi connectivity index (χ2v) is 2.96. The summed E-state index contributed by atoms with van der Waals surface area (Å²) >= 11 is 0. The zero-order valence-corrected chi connectivity index (χ0v) is 7.12. The van der Waals surface area contributed by atoms with Gasteiger partial charge in [0.2, 0.25) is 12.0 Å². The maximum absolute atomic E-state index is 10.9. The molecule has 4 nitrogen and oxygen atoms in total. The Kier molecular flexibility index (Phi) is 3.00. The summed E-state index contributed by atoms with van der Waals surface area (Å²) in [4.78, 5) is 26.2. The third-order valence-electron chi connectivity index (χ3n) is 2.15. The predicted molar refractivity (Wildman–Crippen MR) is 43.4 cm³/mol. The van der Waals surface area contributed by atoms with E-state index in [1.54, 1.807) is 17.9 Å². The van der Waals surface area contributed by atoms with Crippen molar-refractivity contribution in [2.45, 2.75) is 25.8 Å². The zero-order chi connectivity index (χ0) is 8.97. The Balaban J connectivity index is 2.39. The van der Waals surface area contributed by atoms with Crippen LogP contribution in [0.25, 0.3) is 0 Å². The molecule has 0 spiro atoms. The topological polar surface area (TPSA) is 49.7 Å². The summed E-state index contributed by atoms with van der Waals surface area (Å²) in [7, 11) is 0. The van der Waals surface area contributed by atoms with Crippen molar-refractivity contribution in [1.82, 2.24) is 4.90 Å². The molecular formula is C8H12N2O2. The van der Waals surface area contributed by atoms with Gasteiger partial charge in [0.25, 0.3) is 0 Å². The van der Waals surface area contributed by atoms with Gasteiger partial charge in [-0.1, -0.05) is 0 Å². The monoisotopic (exact) mass is 168 g/mol. The van der Waals surface area contributed by atoms with Crippen molar-refractivity contribution in [1.29, 1.82) is 0 Å². The Morgan fingerprint density at radius 1 is 1.50 bits per heavy atom. The SMILES string of the molecule is CC(=O)N1CCC(N=C=O)CC1. The quantitative estimate of drug-likeness (QED) is 0.418. The van der Waals surface area contributed by atoms with Crippen molar-refractivity contribution in [3.63, 3.8) is 0 Å². The first-order chi connectivity index (χ1) is 5.74. The third kappa shape index (κ3) is 2.17. The standard InChI is InChI=1S/C8H12N2O2/c1-7(12)10-4-2-8(3-5-10)9-6-11/h8H,2-5H2,1H3. The number of isocyanates is 1. The van der Waals surface area contributed by atoms with Gasteiger partial charge in [0.1, 0.15) is 0 Å². The van der Waals surface area contributed by atoms with E-state index in [0.29, 0.717) is 13.1 Å². The maximum Gasteiger partial charge on any atom is 0.235 e. The van der Waals surface area contributed by atoms with Crippen LogP contribution < -0.4 is 0 Å². The average molecular weight is 168 g/mol. The molecule has 0 aromatic rings. The highest BCUT2D eigenvalue weighted by Gasteiger charge is 2.19. The normalized spacial score (nSPS) is 18.6. The molecule has 12 heavy (non-hydrogen) atoms. The molecular weight excluding hydrogens is 156 g/mol. The fourth-order valence-electron chi connectivity index (χ4n) is 1.38. The van der Waals surface area contributed by atoms with Gasteiger partial charge in [-0.25, -0.2) is 9.79 Å². The Morgan fingerprint density at radius 3 is 2.50 bits per heavy atom. The van der Waals surface area contributed by atoms with E-state index in [9.17, 15) is 9.59 Å². The molecule has 1 aliphatic rings. The molecule has 1 aliphatic heterocycles. The summed E-state index contributed by atoms with van der Waals surface area (Å²) in [5.74, 6) is 0.100. The van der Waals surface area contributed by atoms with E-state index in [4.69, 9.17) is 0 Å². The number of carbonyl (C=O) groups is 1. The second-order valence-electron chi connectivity index (χ2n) is 2.96. The molecule has 1 saturated heterocycles. The summed E-state index contributed by atoms with van der Waals surface area (Å²) < 4.78 is 0. The number of carbonyl (C=O) groups excluding carboxylic acids is 2. The number of nitrogens with zero attached hydrogens (tertiary/aromatic N) is 2. The Bertz CT molecular complexity index is 203. The van der Waals surface area contributed by atoms with E-state index >= 15 is 0 Å². The van der Waals surface area contributed by atoms with E-state index in [0.717, 1.165) is 12.8 Å².